The van der Waals surface area contributed by atoms with Crippen molar-refractivity contribution < 1.29 is 23.7 Å². The summed E-state index contributed by atoms with van der Waals surface area (Å²) in [6.45, 7) is 11.5. The molecule has 1 rings (SSSR count). The first kappa shape index (κ1) is 20.6. The number of hydrogen-bond acceptors (Lipinski definition) is 7. The Kier molecular flexibility index (Phi) is 7.86. The third kappa shape index (κ3) is 6.98. The molecule has 0 aromatic carbocycles. The lowest BCUT2D eigenvalue weighted by atomic mass is 10.1. The molecule has 1 saturated heterocycles. The molecule has 1 heterocycles. The number of rotatable bonds is 9. The Labute approximate surface area is 144 Å². The van der Waals surface area contributed by atoms with Crippen LogP contribution in [0.4, 0.5) is 0 Å². The van der Waals surface area contributed by atoms with E-state index in [9.17, 15) is 4.79 Å². The molecular weight excluding hydrogens is 312 g/mol. The molecule has 0 amide bonds. The van der Waals surface area contributed by atoms with E-state index in [0.717, 1.165) is 6.21 Å². The standard InChI is InChI=1S/C17H30N2O5/c1-6-21-15(20)13(11-18)14(12-24-16(2,3)4)19-8-7-17(5)22-9-10-23-17/h11,18-19H,6-10,12H2,1-5H3/b14-13+,18-11?. The minimum Gasteiger partial charge on any atom is -0.462 e. The Bertz CT molecular complexity index is 462. The van der Waals surface area contributed by atoms with E-state index in [1.165, 1.54) is 0 Å². The molecule has 1 aliphatic rings. The van der Waals surface area contributed by atoms with Crippen molar-refractivity contribution in [1.29, 1.82) is 5.41 Å². The molecule has 138 valence electrons. The first-order valence-corrected chi connectivity index (χ1v) is 8.27. The van der Waals surface area contributed by atoms with Crippen LogP contribution in [0.2, 0.25) is 0 Å². The third-order valence-corrected chi connectivity index (χ3v) is 3.43. The summed E-state index contributed by atoms with van der Waals surface area (Å²) in [5.74, 6) is -1.15. The Balaban J connectivity index is 2.78. The highest BCUT2D eigenvalue weighted by Crippen LogP contribution is 2.22. The highest BCUT2D eigenvalue weighted by Gasteiger charge is 2.30. The van der Waals surface area contributed by atoms with Crippen molar-refractivity contribution >= 4 is 12.2 Å². The Morgan fingerprint density at radius 1 is 1.33 bits per heavy atom. The van der Waals surface area contributed by atoms with Gasteiger partial charge in [-0.15, -0.1) is 0 Å². The van der Waals surface area contributed by atoms with Crippen LogP contribution in [0.3, 0.4) is 0 Å². The van der Waals surface area contributed by atoms with Gasteiger partial charge in [-0.1, -0.05) is 0 Å². The maximum Gasteiger partial charge on any atom is 0.341 e. The van der Waals surface area contributed by atoms with Crippen LogP contribution >= 0.6 is 0 Å². The lowest BCUT2D eigenvalue weighted by molar-refractivity contribution is -0.145. The summed E-state index contributed by atoms with van der Waals surface area (Å²) in [5, 5.41) is 10.7. The quantitative estimate of drug-likeness (QED) is 0.378. The van der Waals surface area contributed by atoms with Gasteiger partial charge < -0.3 is 29.7 Å². The summed E-state index contributed by atoms with van der Waals surface area (Å²) < 4.78 is 21.9. The van der Waals surface area contributed by atoms with E-state index in [4.69, 9.17) is 24.4 Å². The van der Waals surface area contributed by atoms with Gasteiger partial charge in [-0.05, 0) is 34.6 Å². The van der Waals surface area contributed by atoms with Gasteiger partial charge in [0, 0.05) is 19.2 Å². The van der Waals surface area contributed by atoms with Crippen molar-refractivity contribution in [2.24, 2.45) is 0 Å². The second-order valence-corrected chi connectivity index (χ2v) is 6.67. The van der Waals surface area contributed by atoms with E-state index in [2.05, 4.69) is 5.32 Å². The van der Waals surface area contributed by atoms with Gasteiger partial charge in [0.2, 0.25) is 0 Å². The molecular formula is C17H30N2O5. The van der Waals surface area contributed by atoms with Gasteiger partial charge in [-0.25, -0.2) is 4.79 Å². The molecule has 7 nitrogen and oxygen atoms in total. The van der Waals surface area contributed by atoms with Crippen LogP contribution in [0.5, 0.6) is 0 Å². The lowest BCUT2D eigenvalue weighted by Gasteiger charge is -2.25. The molecule has 0 aromatic heterocycles. The van der Waals surface area contributed by atoms with Gasteiger partial charge in [0.25, 0.3) is 0 Å². The average molecular weight is 342 g/mol. The zero-order valence-corrected chi connectivity index (χ0v) is 15.4. The number of carbonyl (C=O) groups is 1. The van der Waals surface area contributed by atoms with Gasteiger partial charge in [-0.2, -0.15) is 0 Å². The second kappa shape index (κ2) is 9.15. The predicted molar refractivity (Wildman–Crippen MR) is 91.1 cm³/mol. The van der Waals surface area contributed by atoms with Crippen molar-refractivity contribution in [3.05, 3.63) is 11.3 Å². The number of nitrogens with one attached hydrogen (secondary N) is 2. The molecule has 24 heavy (non-hydrogen) atoms. The number of ether oxygens (including phenoxy) is 4. The van der Waals surface area contributed by atoms with E-state index >= 15 is 0 Å². The van der Waals surface area contributed by atoms with Crippen LogP contribution < -0.4 is 5.32 Å². The van der Waals surface area contributed by atoms with E-state index in [1.54, 1.807) is 6.92 Å². The summed E-state index contributed by atoms with van der Waals surface area (Å²) in [4.78, 5) is 12.0. The maximum absolute atomic E-state index is 12.0. The van der Waals surface area contributed by atoms with Crippen molar-refractivity contribution in [1.82, 2.24) is 5.32 Å². The van der Waals surface area contributed by atoms with Crippen LogP contribution in [0.25, 0.3) is 0 Å². The monoisotopic (exact) mass is 342 g/mol. The summed E-state index contributed by atoms with van der Waals surface area (Å²) in [7, 11) is 0. The molecule has 0 spiro atoms. The third-order valence-electron chi connectivity index (χ3n) is 3.43. The van der Waals surface area contributed by atoms with Gasteiger partial charge in [0.15, 0.2) is 5.79 Å². The van der Waals surface area contributed by atoms with E-state index in [0.29, 0.717) is 31.9 Å². The first-order valence-electron chi connectivity index (χ1n) is 8.27. The van der Waals surface area contributed by atoms with Crippen LogP contribution in [0, 0.1) is 5.41 Å². The van der Waals surface area contributed by atoms with Crippen molar-refractivity contribution in [2.45, 2.75) is 52.4 Å². The maximum atomic E-state index is 12.0. The number of carbonyl (C=O) groups excluding carboxylic acids is 1. The van der Waals surface area contributed by atoms with Crippen LogP contribution in [-0.4, -0.2) is 56.5 Å². The van der Waals surface area contributed by atoms with Gasteiger partial charge in [0.05, 0.1) is 43.3 Å². The molecule has 1 fully saturated rings. The summed E-state index contributed by atoms with van der Waals surface area (Å²) >= 11 is 0. The molecule has 1 aliphatic heterocycles. The fourth-order valence-electron chi connectivity index (χ4n) is 2.13. The SMILES string of the molecule is CCOC(=O)/C(C=N)=C(\COC(C)(C)C)NCCC1(C)OCCO1. The average Bonchev–Trinajstić information content (AvgIpc) is 2.91. The zero-order valence-electron chi connectivity index (χ0n) is 15.4. The largest absolute Gasteiger partial charge is 0.462 e. The lowest BCUT2D eigenvalue weighted by Crippen LogP contribution is -2.34. The summed E-state index contributed by atoms with van der Waals surface area (Å²) in [6, 6.07) is 0. The van der Waals surface area contributed by atoms with E-state index in [-0.39, 0.29) is 24.4 Å². The molecule has 2 N–H and O–H groups in total. The summed E-state index contributed by atoms with van der Waals surface area (Å²) in [5.41, 5.74) is 0.331. The minimum atomic E-state index is -0.613. The van der Waals surface area contributed by atoms with Crippen LogP contribution in [0.15, 0.2) is 11.3 Å². The number of hydrogen-bond donors (Lipinski definition) is 2. The van der Waals surface area contributed by atoms with Gasteiger partial charge >= 0.3 is 5.97 Å². The predicted octanol–water partition coefficient (Wildman–Crippen LogP) is 2.01. The first-order chi connectivity index (χ1) is 11.2. The van der Waals surface area contributed by atoms with Crippen LogP contribution in [-0.2, 0) is 23.7 Å². The fraction of sp³-hybridized carbons (Fsp3) is 0.765. The minimum absolute atomic E-state index is 0.166. The molecule has 0 atom stereocenters. The summed E-state index contributed by atoms with van der Waals surface area (Å²) in [6.07, 6.45) is 1.61. The van der Waals surface area contributed by atoms with Crippen LogP contribution in [0.1, 0.15) is 41.0 Å². The van der Waals surface area contributed by atoms with Gasteiger partial charge in [0.1, 0.15) is 0 Å². The molecule has 0 saturated carbocycles. The Morgan fingerprint density at radius 2 is 1.96 bits per heavy atom. The van der Waals surface area contributed by atoms with Crippen molar-refractivity contribution in [3.63, 3.8) is 0 Å². The second-order valence-electron chi connectivity index (χ2n) is 6.67. The molecule has 0 bridgehead atoms. The van der Waals surface area contributed by atoms with Gasteiger partial charge in [-0.3, -0.25) is 0 Å². The Hall–Kier alpha value is -1.44. The van der Waals surface area contributed by atoms with E-state index < -0.39 is 11.8 Å². The topological polar surface area (TPSA) is 89.9 Å². The highest BCUT2D eigenvalue weighted by molar-refractivity contribution is 6.09. The molecule has 0 aliphatic carbocycles. The molecule has 0 unspecified atom stereocenters. The molecule has 0 aromatic rings. The number of esters is 1. The van der Waals surface area contributed by atoms with Crippen molar-refractivity contribution in [3.8, 4) is 0 Å². The normalized spacial score (nSPS) is 18.0. The van der Waals surface area contributed by atoms with Crippen molar-refractivity contribution in [2.75, 3.05) is 33.0 Å². The van der Waals surface area contributed by atoms with E-state index in [1.807, 2.05) is 27.7 Å². The molecule has 7 heteroatoms. The zero-order chi connectivity index (χ0) is 18.2. The Morgan fingerprint density at radius 3 is 2.46 bits per heavy atom. The smallest absolute Gasteiger partial charge is 0.341 e. The molecule has 0 radical (unpaired) electrons. The fourth-order valence-corrected chi connectivity index (χ4v) is 2.13. The highest BCUT2D eigenvalue weighted by atomic mass is 16.7.